The van der Waals surface area contributed by atoms with E-state index in [0.29, 0.717) is 17.7 Å². The number of likely N-dealkylation sites (tertiary alicyclic amines) is 1. The molecule has 3 aromatic rings. The average molecular weight is 432 g/mol. The van der Waals surface area contributed by atoms with E-state index in [2.05, 4.69) is 59.0 Å². The number of nitrogens with two attached hydrogens (primary N) is 1. The Kier molecular flexibility index (Phi) is 7.69. The molecule has 0 aliphatic carbocycles. The Balaban J connectivity index is 0.00000141. The topological polar surface area (TPSA) is 59.1 Å². The van der Waals surface area contributed by atoms with Gasteiger partial charge in [-0.3, -0.25) is 9.58 Å². The molecular weight excluding hydrogens is 401 g/mol. The number of rotatable bonds is 7. The van der Waals surface area contributed by atoms with Crippen LogP contribution in [0.4, 0.5) is 15.8 Å². The summed E-state index contributed by atoms with van der Waals surface area (Å²) in [6.07, 6.45) is 14.5. The van der Waals surface area contributed by atoms with Gasteiger partial charge < -0.3 is 11.1 Å². The Morgan fingerprint density at radius 1 is 1.19 bits per heavy atom. The third-order valence-corrected chi connectivity index (χ3v) is 5.53. The molecule has 0 radical (unpaired) electrons. The number of halogens is 1. The molecule has 4 rings (SSSR count). The molecule has 1 aromatic heterocycles. The zero-order valence-electron chi connectivity index (χ0n) is 18.5. The van der Waals surface area contributed by atoms with Gasteiger partial charge in [-0.05, 0) is 61.3 Å². The third kappa shape index (κ3) is 5.77. The van der Waals surface area contributed by atoms with Crippen molar-refractivity contribution in [2.24, 2.45) is 7.05 Å². The normalized spacial score (nSPS) is 13.4. The lowest BCUT2D eigenvalue weighted by molar-refractivity contribution is 0.331. The van der Waals surface area contributed by atoms with Gasteiger partial charge in [0.25, 0.3) is 0 Å². The SMILES string of the molecule is C#C.C=C(Cc1cc(-c2cnn(C)c2)c(F)cc1N)Nc1ccc(CN2CCCC2)cc1. The number of aryl methyl sites for hydroxylation is 1. The van der Waals surface area contributed by atoms with E-state index in [1.807, 2.05) is 7.05 Å². The van der Waals surface area contributed by atoms with Crippen molar-refractivity contribution in [3.8, 4) is 24.0 Å². The fraction of sp³-hybridized carbons (Fsp3) is 0.269. The first-order chi connectivity index (χ1) is 15.5. The average Bonchev–Trinajstić information content (AvgIpc) is 3.45. The molecule has 0 saturated carbocycles. The number of nitrogens with one attached hydrogen (secondary N) is 1. The van der Waals surface area contributed by atoms with Gasteiger partial charge in [0, 0.05) is 54.4 Å². The monoisotopic (exact) mass is 431 g/mol. The number of hydrogen-bond acceptors (Lipinski definition) is 4. The van der Waals surface area contributed by atoms with Gasteiger partial charge in [0.1, 0.15) is 5.82 Å². The first kappa shape index (κ1) is 23.1. The molecule has 32 heavy (non-hydrogen) atoms. The van der Waals surface area contributed by atoms with Crippen LogP contribution in [0, 0.1) is 18.7 Å². The van der Waals surface area contributed by atoms with Crippen LogP contribution in [0.2, 0.25) is 0 Å². The van der Waals surface area contributed by atoms with Crippen LogP contribution in [0.3, 0.4) is 0 Å². The number of allylic oxidation sites excluding steroid dienone is 1. The third-order valence-electron chi connectivity index (χ3n) is 5.53. The molecule has 5 nitrogen and oxygen atoms in total. The fourth-order valence-corrected chi connectivity index (χ4v) is 3.94. The lowest BCUT2D eigenvalue weighted by Gasteiger charge is -2.16. The van der Waals surface area contributed by atoms with Gasteiger partial charge in [-0.1, -0.05) is 18.7 Å². The van der Waals surface area contributed by atoms with E-state index in [1.165, 1.54) is 37.6 Å². The number of terminal acetylenes is 1. The highest BCUT2D eigenvalue weighted by molar-refractivity contribution is 5.68. The molecule has 3 N–H and O–H groups in total. The number of benzene rings is 2. The maximum absolute atomic E-state index is 14.4. The molecule has 0 bridgehead atoms. The second kappa shape index (κ2) is 10.7. The van der Waals surface area contributed by atoms with Crippen LogP contribution in [-0.4, -0.2) is 27.8 Å². The predicted octanol–water partition coefficient (Wildman–Crippen LogP) is 4.82. The Morgan fingerprint density at radius 2 is 1.88 bits per heavy atom. The van der Waals surface area contributed by atoms with Crippen molar-refractivity contribution in [2.45, 2.75) is 25.8 Å². The fourth-order valence-electron chi connectivity index (χ4n) is 3.94. The molecular formula is C26H30FN5. The largest absolute Gasteiger partial charge is 0.398 e. The van der Waals surface area contributed by atoms with Crippen molar-refractivity contribution in [1.82, 2.24) is 14.7 Å². The van der Waals surface area contributed by atoms with Gasteiger partial charge in [-0.15, -0.1) is 12.8 Å². The highest BCUT2D eigenvalue weighted by Crippen LogP contribution is 2.28. The Hall–Kier alpha value is -3.56. The highest BCUT2D eigenvalue weighted by Gasteiger charge is 2.13. The van der Waals surface area contributed by atoms with Gasteiger partial charge in [0.2, 0.25) is 0 Å². The molecule has 0 atom stereocenters. The first-order valence-electron chi connectivity index (χ1n) is 10.6. The molecule has 0 unspecified atom stereocenters. The molecule has 1 fully saturated rings. The summed E-state index contributed by atoms with van der Waals surface area (Å²) >= 11 is 0. The van der Waals surface area contributed by atoms with E-state index >= 15 is 0 Å². The summed E-state index contributed by atoms with van der Waals surface area (Å²) in [5.74, 6) is -0.351. The minimum Gasteiger partial charge on any atom is -0.398 e. The van der Waals surface area contributed by atoms with Crippen LogP contribution in [0.5, 0.6) is 0 Å². The molecule has 166 valence electrons. The molecule has 6 heteroatoms. The minimum absolute atomic E-state index is 0.351. The van der Waals surface area contributed by atoms with Gasteiger partial charge >= 0.3 is 0 Å². The van der Waals surface area contributed by atoms with Crippen molar-refractivity contribution >= 4 is 11.4 Å². The van der Waals surface area contributed by atoms with E-state index in [1.54, 1.807) is 23.1 Å². The van der Waals surface area contributed by atoms with Crippen LogP contribution in [0.1, 0.15) is 24.0 Å². The maximum atomic E-state index is 14.4. The van der Waals surface area contributed by atoms with Crippen LogP contribution in [0.25, 0.3) is 11.1 Å². The lowest BCUT2D eigenvalue weighted by Crippen LogP contribution is -2.18. The Labute approximate surface area is 189 Å². The van der Waals surface area contributed by atoms with Gasteiger partial charge in [-0.2, -0.15) is 5.10 Å². The van der Waals surface area contributed by atoms with Crippen LogP contribution >= 0.6 is 0 Å². The summed E-state index contributed by atoms with van der Waals surface area (Å²) in [5, 5.41) is 7.47. The molecule has 0 spiro atoms. The van der Waals surface area contributed by atoms with Gasteiger partial charge in [0.15, 0.2) is 0 Å². The Bertz CT molecular complexity index is 1080. The lowest BCUT2D eigenvalue weighted by atomic mass is 10.0. The second-order valence-corrected chi connectivity index (χ2v) is 8.02. The number of aromatic nitrogens is 2. The summed E-state index contributed by atoms with van der Waals surface area (Å²) in [6, 6.07) is 11.6. The molecule has 1 aliphatic heterocycles. The van der Waals surface area contributed by atoms with Crippen LogP contribution < -0.4 is 11.1 Å². The molecule has 2 aromatic carbocycles. The van der Waals surface area contributed by atoms with Crippen LogP contribution in [-0.2, 0) is 20.0 Å². The number of nitrogens with zero attached hydrogens (tertiary/aromatic N) is 3. The highest BCUT2D eigenvalue weighted by atomic mass is 19.1. The zero-order chi connectivity index (χ0) is 23.1. The van der Waals surface area contributed by atoms with Crippen molar-refractivity contribution in [1.29, 1.82) is 0 Å². The summed E-state index contributed by atoms with van der Waals surface area (Å²) in [4.78, 5) is 2.48. The number of nitrogen functional groups attached to an aromatic ring is 1. The molecule has 1 saturated heterocycles. The summed E-state index contributed by atoms with van der Waals surface area (Å²) in [5.41, 5.74) is 11.7. The smallest absolute Gasteiger partial charge is 0.133 e. The van der Waals surface area contributed by atoms with Crippen LogP contribution in [0.15, 0.2) is 61.1 Å². The molecule has 1 aliphatic rings. The number of anilines is 2. The predicted molar refractivity (Wildman–Crippen MR) is 130 cm³/mol. The standard InChI is InChI=1S/C24H28FN5.C2H2/c1-17(28-21-7-5-18(6-8-21)15-30-9-3-4-10-30)11-19-12-22(23(25)13-24(19)26)20-14-27-29(2)16-20;1-2/h5-8,12-14,16,28H,1,3-4,9-11,15,26H2,2H3;1-2H. The summed E-state index contributed by atoms with van der Waals surface area (Å²) in [6.45, 7) is 7.52. The second-order valence-electron chi connectivity index (χ2n) is 8.02. The zero-order valence-corrected chi connectivity index (χ0v) is 18.5. The van der Waals surface area contributed by atoms with Crippen molar-refractivity contribution in [3.63, 3.8) is 0 Å². The van der Waals surface area contributed by atoms with E-state index in [0.717, 1.165) is 29.1 Å². The first-order valence-corrected chi connectivity index (χ1v) is 10.6. The number of hydrogen-bond donors (Lipinski definition) is 2. The van der Waals surface area contributed by atoms with Gasteiger partial charge in [-0.25, -0.2) is 4.39 Å². The minimum atomic E-state index is -0.351. The Morgan fingerprint density at radius 3 is 2.50 bits per heavy atom. The van der Waals surface area contributed by atoms with Crippen molar-refractivity contribution in [2.75, 3.05) is 24.1 Å². The van der Waals surface area contributed by atoms with E-state index in [4.69, 9.17) is 5.73 Å². The van der Waals surface area contributed by atoms with Crippen molar-refractivity contribution in [3.05, 3.63) is 78.0 Å². The molecule has 2 heterocycles. The quantitative estimate of drug-likeness (QED) is 0.416. The van der Waals surface area contributed by atoms with E-state index in [-0.39, 0.29) is 5.82 Å². The summed E-state index contributed by atoms with van der Waals surface area (Å²) in [7, 11) is 1.81. The maximum Gasteiger partial charge on any atom is 0.133 e. The van der Waals surface area contributed by atoms with E-state index < -0.39 is 0 Å². The van der Waals surface area contributed by atoms with E-state index in [9.17, 15) is 4.39 Å². The van der Waals surface area contributed by atoms with Gasteiger partial charge in [0.05, 0.1) is 6.20 Å². The van der Waals surface area contributed by atoms with Crippen molar-refractivity contribution < 1.29 is 4.39 Å². The summed E-state index contributed by atoms with van der Waals surface area (Å²) < 4.78 is 16.1. The molecule has 0 amide bonds.